The van der Waals surface area contributed by atoms with Gasteiger partial charge in [0.05, 0.1) is 5.88 Å². The quantitative estimate of drug-likeness (QED) is 0.803. The van der Waals surface area contributed by atoms with Crippen LogP contribution in [0.3, 0.4) is 0 Å². The van der Waals surface area contributed by atoms with Crippen molar-refractivity contribution in [2.24, 2.45) is 11.8 Å². The molecule has 0 bridgehead atoms. The molecule has 0 amide bonds. The van der Waals surface area contributed by atoms with Crippen LogP contribution in [0.4, 0.5) is 0 Å². The lowest BCUT2D eigenvalue weighted by atomic mass is 10.0. The minimum absolute atomic E-state index is 0.0260. The van der Waals surface area contributed by atoms with Crippen LogP contribution in [-0.2, 0) is 15.9 Å². The third kappa shape index (κ3) is 1.98. The Kier molecular flexibility index (Phi) is 3.16. The van der Waals surface area contributed by atoms with Gasteiger partial charge >= 0.3 is 0 Å². The Hall–Kier alpha value is -0.520. The zero-order chi connectivity index (χ0) is 12.8. The lowest BCUT2D eigenvalue weighted by molar-refractivity contribution is 0.387. The van der Waals surface area contributed by atoms with E-state index in [0.717, 1.165) is 12.8 Å². The molecule has 1 saturated carbocycles. The first-order chi connectivity index (χ1) is 8.61. The van der Waals surface area contributed by atoms with Crippen molar-refractivity contribution in [3.05, 3.63) is 17.9 Å². The van der Waals surface area contributed by atoms with Crippen molar-refractivity contribution in [3.8, 4) is 0 Å². The smallest absolute Gasteiger partial charge is 0.276 e. The van der Waals surface area contributed by atoms with Gasteiger partial charge in [0, 0.05) is 13.1 Å². The summed E-state index contributed by atoms with van der Waals surface area (Å²) < 4.78 is 31.6. The van der Waals surface area contributed by atoms with E-state index in [4.69, 9.17) is 16.0 Å². The average Bonchev–Trinajstić information content (AvgIpc) is 3.03. The summed E-state index contributed by atoms with van der Waals surface area (Å²) in [6.07, 6.45) is 3.55. The second-order valence-corrected chi connectivity index (χ2v) is 7.26. The van der Waals surface area contributed by atoms with Gasteiger partial charge in [0.15, 0.2) is 0 Å². The summed E-state index contributed by atoms with van der Waals surface area (Å²) >= 11 is 5.63. The van der Waals surface area contributed by atoms with Crippen LogP contribution in [-0.4, -0.2) is 25.8 Å². The topological polar surface area (TPSA) is 50.5 Å². The molecule has 0 radical (unpaired) electrons. The Balaban J connectivity index is 1.82. The van der Waals surface area contributed by atoms with E-state index in [1.807, 2.05) is 0 Å². The van der Waals surface area contributed by atoms with Crippen LogP contribution in [0.25, 0.3) is 0 Å². The molecule has 2 fully saturated rings. The van der Waals surface area contributed by atoms with Crippen molar-refractivity contribution in [2.45, 2.75) is 30.2 Å². The lowest BCUT2D eigenvalue weighted by Gasteiger charge is -2.15. The molecule has 2 atom stereocenters. The molecule has 2 heterocycles. The summed E-state index contributed by atoms with van der Waals surface area (Å²) in [4.78, 5) is 0. The Morgan fingerprint density at radius 1 is 1.28 bits per heavy atom. The van der Waals surface area contributed by atoms with Crippen LogP contribution >= 0.6 is 11.6 Å². The summed E-state index contributed by atoms with van der Waals surface area (Å²) in [5, 5.41) is 0.0260. The lowest BCUT2D eigenvalue weighted by Crippen LogP contribution is -2.29. The molecule has 3 rings (SSSR count). The molecule has 100 valence electrons. The van der Waals surface area contributed by atoms with Gasteiger partial charge in [-0.1, -0.05) is 6.42 Å². The van der Waals surface area contributed by atoms with Crippen molar-refractivity contribution >= 4 is 21.6 Å². The Labute approximate surface area is 112 Å². The van der Waals surface area contributed by atoms with E-state index in [1.54, 1.807) is 10.4 Å². The van der Waals surface area contributed by atoms with Crippen LogP contribution in [0.2, 0.25) is 0 Å². The fourth-order valence-electron chi connectivity index (χ4n) is 3.08. The highest BCUT2D eigenvalue weighted by Crippen LogP contribution is 2.39. The van der Waals surface area contributed by atoms with Gasteiger partial charge in [0.2, 0.25) is 5.09 Å². The number of rotatable bonds is 3. The molecule has 18 heavy (non-hydrogen) atoms. The number of nitrogens with zero attached hydrogens (tertiary/aromatic N) is 1. The van der Waals surface area contributed by atoms with E-state index >= 15 is 0 Å². The van der Waals surface area contributed by atoms with Gasteiger partial charge in [-0.15, -0.1) is 11.6 Å². The fraction of sp³-hybridized carbons (Fsp3) is 0.667. The summed E-state index contributed by atoms with van der Waals surface area (Å²) in [6.45, 7) is 1.29. The first-order valence-corrected chi connectivity index (χ1v) is 8.23. The standard InChI is InChI=1S/C12H16ClNO3S/c13-6-11-4-5-12(17-11)18(15,16)14-7-9-2-1-3-10(9)8-14/h4-5,9-10H,1-3,6-8H2. The third-order valence-corrected chi connectivity index (χ3v) is 6.02. The second kappa shape index (κ2) is 4.54. The SMILES string of the molecule is O=S(=O)(c1ccc(CCl)o1)N1CC2CCCC2C1. The predicted molar refractivity (Wildman–Crippen MR) is 67.9 cm³/mol. The number of sulfonamides is 1. The van der Waals surface area contributed by atoms with Crippen molar-refractivity contribution in [3.63, 3.8) is 0 Å². The van der Waals surface area contributed by atoms with Crippen LogP contribution in [0.5, 0.6) is 0 Å². The van der Waals surface area contributed by atoms with Gasteiger partial charge in [-0.3, -0.25) is 0 Å². The van der Waals surface area contributed by atoms with E-state index in [1.165, 1.54) is 12.5 Å². The van der Waals surface area contributed by atoms with Crippen LogP contribution in [0.1, 0.15) is 25.0 Å². The molecule has 0 aromatic carbocycles. The van der Waals surface area contributed by atoms with Crippen molar-refractivity contribution in [1.29, 1.82) is 0 Å². The molecule has 4 nitrogen and oxygen atoms in total. The molecule has 6 heteroatoms. The zero-order valence-electron chi connectivity index (χ0n) is 10.0. The molecule has 2 aliphatic rings. The van der Waals surface area contributed by atoms with Crippen LogP contribution < -0.4 is 0 Å². The third-order valence-electron chi connectivity index (χ3n) is 4.06. The van der Waals surface area contributed by atoms with Gasteiger partial charge in [0.25, 0.3) is 10.0 Å². The molecular weight excluding hydrogens is 274 g/mol. The summed E-state index contributed by atoms with van der Waals surface area (Å²) in [5.41, 5.74) is 0. The van der Waals surface area contributed by atoms with Gasteiger partial charge < -0.3 is 4.42 Å². The van der Waals surface area contributed by atoms with Crippen LogP contribution in [0, 0.1) is 11.8 Å². The molecule has 1 saturated heterocycles. The summed E-state index contributed by atoms with van der Waals surface area (Å²) in [7, 11) is -3.46. The van der Waals surface area contributed by atoms with E-state index in [9.17, 15) is 8.42 Å². The monoisotopic (exact) mass is 289 g/mol. The number of hydrogen-bond acceptors (Lipinski definition) is 3. The Bertz CT molecular complexity index is 527. The fourth-order valence-corrected chi connectivity index (χ4v) is 4.71. The van der Waals surface area contributed by atoms with Crippen molar-refractivity contribution in [2.75, 3.05) is 13.1 Å². The van der Waals surface area contributed by atoms with Gasteiger partial charge in [-0.05, 0) is 36.8 Å². The van der Waals surface area contributed by atoms with Crippen molar-refractivity contribution in [1.82, 2.24) is 4.31 Å². The average molecular weight is 290 g/mol. The molecule has 0 N–H and O–H groups in total. The largest absolute Gasteiger partial charge is 0.447 e. The number of alkyl halides is 1. The Morgan fingerprint density at radius 3 is 2.50 bits per heavy atom. The molecule has 1 aliphatic carbocycles. The maximum absolute atomic E-state index is 12.4. The van der Waals surface area contributed by atoms with Crippen molar-refractivity contribution < 1.29 is 12.8 Å². The molecule has 1 aromatic rings. The minimum Gasteiger partial charge on any atom is -0.447 e. The molecule has 1 aromatic heterocycles. The van der Waals surface area contributed by atoms with Gasteiger partial charge in [-0.25, -0.2) is 8.42 Å². The highest BCUT2D eigenvalue weighted by atomic mass is 35.5. The van der Waals surface area contributed by atoms with Gasteiger partial charge in [0.1, 0.15) is 5.76 Å². The summed E-state index contributed by atoms with van der Waals surface area (Å²) in [5.74, 6) is 1.78. The van der Waals surface area contributed by atoms with E-state index in [0.29, 0.717) is 30.7 Å². The molecule has 0 spiro atoms. The van der Waals surface area contributed by atoms with Crippen LogP contribution in [0.15, 0.2) is 21.6 Å². The molecule has 1 aliphatic heterocycles. The number of fused-ring (bicyclic) bond motifs is 1. The van der Waals surface area contributed by atoms with E-state index in [-0.39, 0.29) is 11.0 Å². The predicted octanol–water partition coefficient (Wildman–Crippen LogP) is 2.44. The maximum atomic E-state index is 12.4. The first kappa shape index (κ1) is 12.5. The zero-order valence-corrected chi connectivity index (χ0v) is 11.6. The molecule has 2 unspecified atom stereocenters. The molecular formula is C12H16ClNO3S. The van der Waals surface area contributed by atoms with Gasteiger partial charge in [-0.2, -0.15) is 4.31 Å². The second-order valence-electron chi connectivity index (χ2n) is 5.13. The van der Waals surface area contributed by atoms with E-state index < -0.39 is 10.0 Å². The first-order valence-electron chi connectivity index (χ1n) is 6.26. The van der Waals surface area contributed by atoms with E-state index in [2.05, 4.69) is 0 Å². The highest BCUT2D eigenvalue weighted by molar-refractivity contribution is 7.89. The normalized spacial score (nSPS) is 28.7. The Morgan fingerprint density at radius 2 is 1.94 bits per heavy atom. The highest BCUT2D eigenvalue weighted by Gasteiger charge is 2.42. The summed E-state index contributed by atoms with van der Waals surface area (Å²) in [6, 6.07) is 3.12. The number of hydrogen-bond donors (Lipinski definition) is 0. The number of halogens is 1. The maximum Gasteiger partial charge on any atom is 0.276 e. The minimum atomic E-state index is -3.46. The number of furan rings is 1.